The number of halogens is 4. The van der Waals surface area contributed by atoms with Crippen LogP contribution in [0.2, 0.25) is 0 Å². The minimum Gasteiger partial charge on any atom is -0.339 e. The van der Waals surface area contributed by atoms with Crippen molar-refractivity contribution < 1.29 is 22.4 Å². The highest BCUT2D eigenvalue weighted by Gasteiger charge is 2.50. The third kappa shape index (κ3) is 3.44. The molecule has 1 saturated carbocycles. The summed E-state index contributed by atoms with van der Waals surface area (Å²) in [5.41, 5.74) is 1.74. The molecule has 1 aliphatic carbocycles. The standard InChI is InChI=1S/C19H16F4N4O/c1-10-8-14(11-4-6-13(20)7-5-11)25-17-15(24-9-27(10)17)18(28)26-16(12-2-3-12)19(21,22)23/h4-9,12,16H,2-3H2,1H3,(H,26,28)/t16-/m1/s1. The van der Waals surface area contributed by atoms with E-state index in [4.69, 9.17) is 0 Å². The van der Waals surface area contributed by atoms with Crippen molar-refractivity contribution in [3.8, 4) is 11.3 Å². The van der Waals surface area contributed by atoms with E-state index in [2.05, 4.69) is 15.3 Å². The van der Waals surface area contributed by atoms with E-state index in [0.29, 0.717) is 29.8 Å². The molecule has 9 heteroatoms. The lowest BCUT2D eigenvalue weighted by Crippen LogP contribution is -2.47. The first kappa shape index (κ1) is 18.4. The fourth-order valence-corrected chi connectivity index (χ4v) is 3.16. The number of alkyl halides is 3. The van der Waals surface area contributed by atoms with Gasteiger partial charge in [0.15, 0.2) is 11.3 Å². The van der Waals surface area contributed by atoms with Gasteiger partial charge in [0.1, 0.15) is 18.2 Å². The lowest BCUT2D eigenvalue weighted by atomic mass is 10.1. The molecule has 0 saturated heterocycles. The summed E-state index contributed by atoms with van der Waals surface area (Å²) in [6.07, 6.45) is -2.31. The second kappa shape index (κ2) is 6.57. The second-order valence-corrected chi connectivity index (χ2v) is 6.91. The van der Waals surface area contributed by atoms with Crippen LogP contribution in [0.15, 0.2) is 36.7 Å². The SMILES string of the molecule is Cc1cc(-c2ccc(F)cc2)nc2c(C(=O)N[C@H](C3CC3)C(F)(F)F)ncn12. The van der Waals surface area contributed by atoms with Gasteiger partial charge in [-0.15, -0.1) is 0 Å². The molecule has 1 N–H and O–H groups in total. The van der Waals surface area contributed by atoms with Crippen LogP contribution in [0, 0.1) is 18.7 Å². The predicted molar refractivity (Wildman–Crippen MR) is 93.2 cm³/mol. The van der Waals surface area contributed by atoms with E-state index in [9.17, 15) is 22.4 Å². The first-order valence-electron chi connectivity index (χ1n) is 8.72. The molecule has 2 aromatic heterocycles. The third-order valence-corrected chi connectivity index (χ3v) is 4.78. The molecule has 3 aromatic rings. The topological polar surface area (TPSA) is 59.3 Å². The molecular weight excluding hydrogens is 376 g/mol. The van der Waals surface area contributed by atoms with Gasteiger partial charge < -0.3 is 5.32 Å². The summed E-state index contributed by atoms with van der Waals surface area (Å²) in [6, 6.07) is 5.48. The number of imidazole rings is 1. The molecule has 2 heterocycles. The number of rotatable bonds is 4. The van der Waals surface area contributed by atoms with Crippen LogP contribution in [-0.4, -0.2) is 32.5 Å². The number of hydrogen-bond acceptors (Lipinski definition) is 3. The van der Waals surface area contributed by atoms with Gasteiger partial charge in [0.2, 0.25) is 0 Å². The zero-order valence-electron chi connectivity index (χ0n) is 14.8. The molecule has 28 heavy (non-hydrogen) atoms. The van der Waals surface area contributed by atoms with Crippen LogP contribution in [0.5, 0.6) is 0 Å². The van der Waals surface area contributed by atoms with Gasteiger partial charge in [-0.25, -0.2) is 14.4 Å². The first-order valence-corrected chi connectivity index (χ1v) is 8.72. The Bertz CT molecular complexity index is 1040. The van der Waals surface area contributed by atoms with Gasteiger partial charge in [0.25, 0.3) is 5.91 Å². The van der Waals surface area contributed by atoms with E-state index in [1.807, 2.05) is 0 Å². The average Bonchev–Trinajstić information content (AvgIpc) is 3.37. The Labute approximate surface area is 157 Å². The average molecular weight is 392 g/mol. The molecule has 5 nitrogen and oxygen atoms in total. The molecular formula is C19H16F4N4O. The largest absolute Gasteiger partial charge is 0.408 e. The van der Waals surface area contributed by atoms with Gasteiger partial charge in [-0.3, -0.25) is 9.20 Å². The van der Waals surface area contributed by atoms with Crippen LogP contribution in [0.3, 0.4) is 0 Å². The second-order valence-electron chi connectivity index (χ2n) is 6.91. The van der Waals surface area contributed by atoms with Crippen molar-refractivity contribution in [2.45, 2.75) is 32.0 Å². The number of nitrogens with one attached hydrogen (secondary N) is 1. The molecule has 146 valence electrons. The molecule has 0 bridgehead atoms. The fourth-order valence-electron chi connectivity index (χ4n) is 3.16. The Morgan fingerprint density at radius 3 is 2.54 bits per heavy atom. The number of carbonyl (C=O) groups excluding carboxylic acids is 1. The summed E-state index contributed by atoms with van der Waals surface area (Å²) in [5, 5.41) is 2.07. The van der Waals surface area contributed by atoms with Gasteiger partial charge >= 0.3 is 6.18 Å². The number of fused-ring (bicyclic) bond motifs is 1. The van der Waals surface area contributed by atoms with E-state index in [1.54, 1.807) is 13.0 Å². The van der Waals surface area contributed by atoms with Crippen LogP contribution >= 0.6 is 0 Å². The molecule has 4 rings (SSSR count). The highest BCUT2D eigenvalue weighted by atomic mass is 19.4. The maximum atomic E-state index is 13.2. The van der Waals surface area contributed by atoms with Crippen LogP contribution in [0.1, 0.15) is 29.0 Å². The summed E-state index contributed by atoms with van der Waals surface area (Å²) in [5.74, 6) is -1.91. The molecule has 1 fully saturated rings. The van der Waals surface area contributed by atoms with Crippen molar-refractivity contribution in [3.63, 3.8) is 0 Å². The summed E-state index contributed by atoms with van der Waals surface area (Å²) in [6.45, 7) is 1.76. The Morgan fingerprint density at radius 1 is 1.25 bits per heavy atom. The monoisotopic (exact) mass is 392 g/mol. The van der Waals surface area contributed by atoms with Crippen molar-refractivity contribution in [2.75, 3.05) is 0 Å². The number of carbonyl (C=O) groups is 1. The lowest BCUT2D eigenvalue weighted by molar-refractivity contribution is -0.158. The number of aromatic nitrogens is 3. The molecule has 0 aliphatic heterocycles. The van der Waals surface area contributed by atoms with Crippen molar-refractivity contribution in [1.29, 1.82) is 0 Å². The number of aryl methyl sites for hydroxylation is 1. The summed E-state index contributed by atoms with van der Waals surface area (Å²) in [4.78, 5) is 20.9. The van der Waals surface area contributed by atoms with Crippen LogP contribution in [-0.2, 0) is 0 Å². The Morgan fingerprint density at radius 2 is 1.93 bits per heavy atom. The van der Waals surface area contributed by atoms with E-state index >= 15 is 0 Å². The molecule has 1 aromatic carbocycles. The zero-order valence-corrected chi connectivity index (χ0v) is 14.8. The van der Waals surface area contributed by atoms with E-state index in [0.717, 1.165) is 0 Å². The normalized spacial score (nSPS) is 15.6. The summed E-state index contributed by atoms with van der Waals surface area (Å²) in [7, 11) is 0. The summed E-state index contributed by atoms with van der Waals surface area (Å²) >= 11 is 0. The number of amides is 1. The minimum absolute atomic E-state index is 0.147. The van der Waals surface area contributed by atoms with Crippen LogP contribution < -0.4 is 5.32 Å². The van der Waals surface area contributed by atoms with Crippen molar-refractivity contribution >= 4 is 11.6 Å². The molecule has 1 aliphatic rings. The van der Waals surface area contributed by atoms with Gasteiger partial charge in [-0.05, 0) is 56.0 Å². The molecule has 0 radical (unpaired) electrons. The maximum Gasteiger partial charge on any atom is 0.408 e. The number of hydrogen-bond donors (Lipinski definition) is 1. The highest BCUT2D eigenvalue weighted by molar-refractivity contribution is 5.98. The van der Waals surface area contributed by atoms with Gasteiger partial charge in [0.05, 0.1) is 5.69 Å². The highest BCUT2D eigenvalue weighted by Crippen LogP contribution is 2.40. The van der Waals surface area contributed by atoms with Crippen molar-refractivity contribution in [2.24, 2.45) is 5.92 Å². The third-order valence-electron chi connectivity index (χ3n) is 4.78. The zero-order chi connectivity index (χ0) is 20.1. The first-order chi connectivity index (χ1) is 13.2. The fraction of sp³-hybridized carbons (Fsp3) is 0.316. The molecule has 1 amide bonds. The van der Waals surface area contributed by atoms with Gasteiger partial charge in [-0.1, -0.05) is 0 Å². The maximum absolute atomic E-state index is 13.2. The van der Waals surface area contributed by atoms with Crippen LogP contribution in [0.4, 0.5) is 17.6 Å². The minimum atomic E-state index is -4.52. The Kier molecular flexibility index (Phi) is 4.32. The molecule has 1 atom stereocenters. The Hall–Kier alpha value is -2.97. The quantitative estimate of drug-likeness (QED) is 0.685. The smallest absolute Gasteiger partial charge is 0.339 e. The molecule has 0 unspecified atom stereocenters. The van der Waals surface area contributed by atoms with E-state index in [1.165, 1.54) is 35.0 Å². The van der Waals surface area contributed by atoms with Crippen LogP contribution in [0.25, 0.3) is 16.9 Å². The number of nitrogens with zero attached hydrogens (tertiary/aromatic N) is 3. The van der Waals surface area contributed by atoms with Crippen molar-refractivity contribution in [3.05, 3.63) is 53.9 Å². The number of benzene rings is 1. The van der Waals surface area contributed by atoms with E-state index in [-0.39, 0.29) is 11.3 Å². The van der Waals surface area contributed by atoms with E-state index < -0.39 is 29.9 Å². The predicted octanol–water partition coefficient (Wildman–Crippen LogP) is 3.91. The van der Waals surface area contributed by atoms with Gasteiger partial charge in [-0.2, -0.15) is 13.2 Å². The molecule has 0 spiro atoms. The van der Waals surface area contributed by atoms with Crippen molar-refractivity contribution in [1.82, 2.24) is 19.7 Å². The summed E-state index contributed by atoms with van der Waals surface area (Å²) < 4.78 is 54.4. The Balaban J connectivity index is 1.71. The lowest BCUT2D eigenvalue weighted by Gasteiger charge is -2.20. The van der Waals surface area contributed by atoms with Gasteiger partial charge in [0, 0.05) is 11.3 Å².